The molecule has 1 aromatic heterocycles. The maximum Gasteiger partial charge on any atom is 0.251 e. The van der Waals surface area contributed by atoms with E-state index in [9.17, 15) is 14.4 Å². The summed E-state index contributed by atoms with van der Waals surface area (Å²) in [6, 6.07) is 20.8. The van der Waals surface area contributed by atoms with Crippen molar-refractivity contribution in [1.29, 1.82) is 0 Å². The first kappa shape index (κ1) is 37.6. The summed E-state index contributed by atoms with van der Waals surface area (Å²) in [6.07, 6.45) is 5.55. The van der Waals surface area contributed by atoms with E-state index in [1.807, 2.05) is 49.4 Å². The molecule has 0 radical (unpaired) electrons. The van der Waals surface area contributed by atoms with E-state index in [2.05, 4.69) is 48.8 Å². The van der Waals surface area contributed by atoms with Gasteiger partial charge in [0.1, 0.15) is 6.04 Å². The van der Waals surface area contributed by atoms with Crippen molar-refractivity contribution < 1.29 is 14.4 Å². The molecule has 51 heavy (non-hydrogen) atoms. The Balaban J connectivity index is 0.00000504. The quantitative estimate of drug-likeness (QED) is 0.131. The lowest BCUT2D eigenvalue weighted by atomic mass is 9.81. The van der Waals surface area contributed by atoms with E-state index < -0.39 is 6.04 Å². The normalized spacial score (nSPS) is 20.8. The van der Waals surface area contributed by atoms with Crippen molar-refractivity contribution in [3.05, 3.63) is 83.4 Å². The predicted molar refractivity (Wildman–Crippen MR) is 200 cm³/mol. The van der Waals surface area contributed by atoms with Crippen LogP contribution in [0.25, 0.3) is 22.5 Å². The molecular formula is C38H48ClN9O3. The van der Waals surface area contributed by atoms with Gasteiger partial charge in [-0.2, -0.15) is 5.21 Å². The van der Waals surface area contributed by atoms with Crippen molar-refractivity contribution in [3.63, 3.8) is 0 Å². The number of H-pyrrole nitrogens is 1. The molecule has 2 heterocycles. The van der Waals surface area contributed by atoms with Gasteiger partial charge in [0.15, 0.2) is 0 Å². The van der Waals surface area contributed by atoms with Gasteiger partial charge in [-0.3, -0.25) is 14.4 Å². The molecule has 4 aromatic rings. The van der Waals surface area contributed by atoms with Crippen molar-refractivity contribution in [2.24, 2.45) is 17.6 Å². The van der Waals surface area contributed by atoms with Gasteiger partial charge in [0.05, 0.1) is 0 Å². The Morgan fingerprint density at radius 2 is 1.67 bits per heavy atom. The van der Waals surface area contributed by atoms with Gasteiger partial charge >= 0.3 is 0 Å². The van der Waals surface area contributed by atoms with Crippen LogP contribution >= 0.6 is 12.4 Å². The highest BCUT2D eigenvalue weighted by Gasteiger charge is 2.29. The van der Waals surface area contributed by atoms with Crippen LogP contribution in [-0.2, 0) is 16.0 Å². The number of halogens is 1. The Morgan fingerprint density at radius 1 is 0.941 bits per heavy atom. The molecule has 1 saturated carbocycles. The minimum absolute atomic E-state index is 0. The molecule has 2 unspecified atom stereocenters. The summed E-state index contributed by atoms with van der Waals surface area (Å²) < 4.78 is 0. The van der Waals surface area contributed by atoms with Gasteiger partial charge in [-0.25, -0.2) is 0 Å². The van der Waals surface area contributed by atoms with Crippen LogP contribution in [0.2, 0.25) is 0 Å². The zero-order chi connectivity index (χ0) is 35.0. The number of amides is 3. The number of aromatic nitrogens is 4. The maximum atomic E-state index is 13.7. The number of benzene rings is 3. The number of rotatable bonds is 11. The third-order valence-electron chi connectivity index (χ3n) is 10.1. The number of carbonyl (C=O) groups is 3. The van der Waals surface area contributed by atoms with Crippen LogP contribution in [0.5, 0.6) is 0 Å². The van der Waals surface area contributed by atoms with Crippen LogP contribution in [0.3, 0.4) is 0 Å². The highest BCUT2D eigenvalue weighted by molar-refractivity contribution is 5.98. The number of nitrogens with one attached hydrogen (secondary N) is 5. The van der Waals surface area contributed by atoms with E-state index >= 15 is 0 Å². The van der Waals surface area contributed by atoms with Crippen molar-refractivity contribution in [1.82, 2.24) is 36.6 Å². The highest BCUT2D eigenvalue weighted by Crippen LogP contribution is 2.29. The van der Waals surface area contributed by atoms with Crippen molar-refractivity contribution >= 4 is 35.8 Å². The zero-order valence-corrected chi connectivity index (χ0v) is 30.0. The fourth-order valence-electron chi connectivity index (χ4n) is 7.09. The van der Waals surface area contributed by atoms with Crippen molar-refractivity contribution in [2.45, 2.75) is 76.9 Å². The number of aromatic amines is 1. The Kier molecular flexibility index (Phi) is 12.9. The van der Waals surface area contributed by atoms with Crippen LogP contribution in [0.1, 0.15) is 66.9 Å². The van der Waals surface area contributed by atoms with Crippen molar-refractivity contribution in [3.8, 4) is 22.5 Å². The number of hydrogen-bond donors (Lipinski definition) is 6. The molecule has 2 aliphatic rings. The lowest BCUT2D eigenvalue weighted by molar-refractivity contribution is -0.130. The zero-order valence-electron chi connectivity index (χ0n) is 29.2. The number of nitrogens with two attached hydrogens (primary N) is 1. The first-order valence-electron chi connectivity index (χ1n) is 17.6. The third kappa shape index (κ3) is 9.78. The summed E-state index contributed by atoms with van der Waals surface area (Å²) in [4.78, 5) is 40.1. The van der Waals surface area contributed by atoms with Gasteiger partial charge < -0.3 is 27.0 Å². The first-order valence-corrected chi connectivity index (χ1v) is 17.6. The summed E-state index contributed by atoms with van der Waals surface area (Å²) in [7, 11) is 0. The number of carbonyl (C=O) groups excluding carboxylic acids is 3. The average Bonchev–Trinajstić information content (AvgIpc) is 3.67. The van der Waals surface area contributed by atoms with Gasteiger partial charge in [-0.15, -0.1) is 22.6 Å². The smallest absolute Gasteiger partial charge is 0.251 e. The Morgan fingerprint density at radius 3 is 2.31 bits per heavy atom. The molecule has 12 nitrogen and oxygen atoms in total. The van der Waals surface area contributed by atoms with E-state index in [0.717, 1.165) is 72.9 Å². The highest BCUT2D eigenvalue weighted by atomic mass is 35.5. The standard InChI is InChI=1S/C38H47N9O3.ClH/c1-23-19-30(37(49)42-32-17-18-40-24(2)20-32)13-16-33(23)27-7-3-25(4-8-27)21-34(43-36(48)29-9-5-26(22-39)6-10-29)38(50)41-31-14-11-28(12-15-31)35-44-46-47-45-35;/h3-4,7-8,11-16,19,24,26,29,32,34,40H,5-6,9-10,17-18,20-22,39H2,1-2H3,(H,41,50)(H,42,49)(H,43,48)(H,44,45,46,47);1H/t24?,26?,29?,32?,34-;/m0./s1. The fraction of sp³-hybridized carbons (Fsp3) is 0.421. The van der Waals surface area contributed by atoms with Gasteiger partial charge in [-0.05, 0) is 135 Å². The van der Waals surface area contributed by atoms with Gasteiger partial charge in [-0.1, -0.05) is 30.3 Å². The van der Waals surface area contributed by atoms with Gasteiger partial charge in [0, 0.05) is 41.2 Å². The molecule has 0 spiro atoms. The fourth-order valence-corrected chi connectivity index (χ4v) is 7.09. The topological polar surface area (TPSA) is 180 Å². The minimum Gasteiger partial charge on any atom is -0.349 e. The number of nitrogens with zero attached hydrogens (tertiary/aromatic N) is 3. The molecule has 0 bridgehead atoms. The summed E-state index contributed by atoms with van der Waals surface area (Å²) >= 11 is 0. The van der Waals surface area contributed by atoms with Crippen LogP contribution < -0.4 is 27.0 Å². The Bertz CT molecular complexity index is 1760. The summed E-state index contributed by atoms with van der Waals surface area (Å²) in [6.45, 7) is 5.70. The molecule has 3 amide bonds. The van der Waals surface area contributed by atoms with E-state index in [1.165, 1.54) is 0 Å². The molecule has 1 aliphatic carbocycles. The molecule has 13 heteroatoms. The molecule has 6 rings (SSSR count). The van der Waals surface area contributed by atoms with E-state index in [0.29, 0.717) is 42.0 Å². The molecule has 7 N–H and O–H groups in total. The second kappa shape index (κ2) is 17.5. The van der Waals surface area contributed by atoms with E-state index in [-0.39, 0.29) is 42.1 Å². The molecule has 1 saturated heterocycles. The predicted octanol–water partition coefficient (Wildman–Crippen LogP) is 4.57. The average molecular weight is 714 g/mol. The number of hydrogen-bond acceptors (Lipinski definition) is 8. The second-order valence-electron chi connectivity index (χ2n) is 13.8. The number of tetrazole rings is 1. The van der Waals surface area contributed by atoms with Gasteiger partial charge in [0.2, 0.25) is 17.6 Å². The third-order valence-corrected chi connectivity index (χ3v) is 10.1. The SMILES string of the molecule is Cc1cc(C(=O)NC2CCNC(C)C2)ccc1-c1ccc(C[C@H](NC(=O)C2CCC(CN)CC2)C(=O)Nc2ccc(-c3nn[nH]n3)cc2)cc1.Cl. The Labute approximate surface area is 304 Å². The number of piperidine rings is 1. The number of aryl methyl sites for hydroxylation is 1. The molecule has 2 fully saturated rings. The summed E-state index contributed by atoms with van der Waals surface area (Å²) in [5.41, 5.74) is 11.8. The molecular weight excluding hydrogens is 666 g/mol. The maximum absolute atomic E-state index is 13.7. The van der Waals surface area contributed by atoms with E-state index in [1.54, 1.807) is 24.3 Å². The molecule has 3 atom stereocenters. The number of anilines is 1. The monoisotopic (exact) mass is 713 g/mol. The molecule has 1 aliphatic heterocycles. The lowest BCUT2D eigenvalue weighted by Crippen LogP contribution is -2.48. The van der Waals surface area contributed by atoms with Crippen LogP contribution in [0.15, 0.2) is 66.7 Å². The van der Waals surface area contributed by atoms with Crippen LogP contribution in [0, 0.1) is 18.8 Å². The second-order valence-corrected chi connectivity index (χ2v) is 13.8. The largest absolute Gasteiger partial charge is 0.349 e. The summed E-state index contributed by atoms with van der Waals surface area (Å²) in [5.74, 6) is 0.331. The molecule has 270 valence electrons. The minimum atomic E-state index is -0.778. The van der Waals surface area contributed by atoms with Crippen LogP contribution in [-0.4, -0.2) is 69.6 Å². The van der Waals surface area contributed by atoms with Gasteiger partial charge in [0.25, 0.3) is 5.91 Å². The summed E-state index contributed by atoms with van der Waals surface area (Å²) in [5, 5.41) is 26.7. The Hall–Kier alpha value is -4.65. The van der Waals surface area contributed by atoms with Crippen LogP contribution in [0.4, 0.5) is 5.69 Å². The lowest BCUT2D eigenvalue weighted by Gasteiger charge is -2.28. The van der Waals surface area contributed by atoms with Crippen molar-refractivity contribution in [2.75, 3.05) is 18.4 Å². The molecule has 3 aromatic carbocycles. The first-order chi connectivity index (χ1) is 24.2. The van der Waals surface area contributed by atoms with E-state index in [4.69, 9.17) is 5.73 Å².